The lowest BCUT2D eigenvalue weighted by Gasteiger charge is -2.41. The second kappa shape index (κ2) is 24.1. The molecule has 16 heteroatoms. The SMILES string of the molecule is CC[C@H](C)[C@@H]([C@@H](CC(=O)N1CCC[C@H]1[C@H](OC)[C@@H](C)C(=O)N[C@@H](Cc1ccccc1)C(=O)NS(=O)(=O)c1ccc(N)cc1)OC)N(C)C(=O)[C@@H](CC(=O)[C@H](C(C)C)N(C)C)C(C)C. The molecular formula is C47H74N6O9S. The smallest absolute Gasteiger partial charge is 0.264 e. The Morgan fingerprint density at radius 3 is 2.00 bits per heavy atom. The van der Waals surface area contributed by atoms with Crippen LogP contribution in [0.15, 0.2) is 59.5 Å². The number of nitrogens with one attached hydrogen (secondary N) is 2. The Labute approximate surface area is 376 Å². The zero-order chi connectivity index (χ0) is 47.3. The molecule has 2 aromatic rings. The minimum atomic E-state index is -4.30. The molecule has 4 N–H and O–H groups in total. The van der Waals surface area contributed by atoms with Crippen LogP contribution in [0.5, 0.6) is 0 Å². The van der Waals surface area contributed by atoms with E-state index in [0.717, 1.165) is 0 Å². The molecule has 9 atom stereocenters. The summed E-state index contributed by atoms with van der Waals surface area (Å²) >= 11 is 0. The molecular weight excluding hydrogens is 825 g/mol. The van der Waals surface area contributed by atoms with Crippen LogP contribution in [0.25, 0.3) is 0 Å². The van der Waals surface area contributed by atoms with Crippen molar-refractivity contribution in [3.8, 4) is 0 Å². The number of likely N-dealkylation sites (tertiary alicyclic amines) is 1. The maximum absolute atomic E-state index is 14.4. The molecule has 4 amide bonds. The predicted molar refractivity (Wildman–Crippen MR) is 245 cm³/mol. The van der Waals surface area contributed by atoms with Gasteiger partial charge in [0.05, 0.1) is 47.6 Å². The molecule has 0 radical (unpaired) electrons. The zero-order valence-corrected chi connectivity index (χ0v) is 40.3. The summed E-state index contributed by atoms with van der Waals surface area (Å²) in [6, 6.07) is 11.7. The number of ketones is 1. The van der Waals surface area contributed by atoms with Crippen LogP contribution in [-0.2, 0) is 49.9 Å². The maximum atomic E-state index is 14.4. The number of benzene rings is 2. The van der Waals surface area contributed by atoms with E-state index in [2.05, 4.69) is 10.0 Å². The number of rotatable bonds is 24. The largest absolute Gasteiger partial charge is 0.399 e. The minimum absolute atomic E-state index is 0.00353. The van der Waals surface area contributed by atoms with Gasteiger partial charge in [0.1, 0.15) is 6.04 Å². The number of methoxy groups -OCH3 is 2. The lowest BCUT2D eigenvalue weighted by molar-refractivity contribution is -0.149. The number of anilines is 1. The summed E-state index contributed by atoms with van der Waals surface area (Å²) in [5.41, 5.74) is 6.78. The molecule has 0 spiro atoms. The Kier molecular flexibility index (Phi) is 20.2. The van der Waals surface area contributed by atoms with Gasteiger partial charge < -0.3 is 30.3 Å². The van der Waals surface area contributed by atoms with E-state index in [4.69, 9.17) is 15.2 Å². The van der Waals surface area contributed by atoms with Gasteiger partial charge in [-0.1, -0.05) is 85.2 Å². The fourth-order valence-corrected chi connectivity index (χ4v) is 10.1. The van der Waals surface area contributed by atoms with Crippen molar-refractivity contribution >= 4 is 45.1 Å². The molecule has 0 bridgehead atoms. The monoisotopic (exact) mass is 899 g/mol. The first-order valence-corrected chi connectivity index (χ1v) is 23.7. The molecule has 0 saturated carbocycles. The number of amides is 4. The van der Waals surface area contributed by atoms with Gasteiger partial charge in [0.15, 0.2) is 5.78 Å². The number of Topliss-reactive ketones (excluding diaryl/α,β-unsaturated/α-hetero) is 1. The third-order valence-electron chi connectivity index (χ3n) is 12.7. The molecule has 0 aliphatic carbocycles. The average molecular weight is 899 g/mol. The van der Waals surface area contributed by atoms with Crippen molar-refractivity contribution in [2.45, 2.75) is 128 Å². The van der Waals surface area contributed by atoms with Crippen molar-refractivity contribution in [1.29, 1.82) is 0 Å². The number of likely N-dealkylation sites (N-methyl/N-ethyl adjacent to an activating group) is 2. The highest BCUT2D eigenvalue weighted by Crippen LogP contribution is 2.31. The van der Waals surface area contributed by atoms with Crippen LogP contribution in [-0.4, -0.2) is 131 Å². The highest BCUT2D eigenvalue weighted by atomic mass is 32.2. The van der Waals surface area contributed by atoms with Crippen LogP contribution >= 0.6 is 0 Å². The first-order valence-electron chi connectivity index (χ1n) is 22.2. The van der Waals surface area contributed by atoms with Crippen LogP contribution in [0.2, 0.25) is 0 Å². The summed E-state index contributed by atoms with van der Waals surface area (Å²) < 4.78 is 40.5. The van der Waals surface area contributed by atoms with Gasteiger partial charge in [-0.05, 0) is 74.5 Å². The van der Waals surface area contributed by atoms with E-state index in [1.165, 1.54) is 38.5 Å². The standard InChI is InChI=1S/C47H74N6O9S/c1-13-31(6)43(52(10)47(58)36(29(2)3)27-39(54)42(30(4)5)51(8)9)40(61-11)28-41(55)53-25-17-20-38(53)44(62-12)32(7)45(56)49-37(26-33-18-15-14-16-19-33)46(57)50-63(59,60)35-23-21-34(48)22-24-35/h14-16,18-19,21-24,29-32,36-38,40,42-44H,13,17,20,25-28,48H2,1-12H3,(H,49,56)(H,50,57)/t31-,32+,36-,37-,38-,40+,42-,43-,44+/m0/s1. The van der Waals surface area contributed by atoms with Gasteiger partial charge in [-0.25, -0.2) is 13.1 Å². The fraction of sp³-hybridized carbons (Fsp3) is 0.638. The number of carbonyl (C=O) groups is 5. The normalized spacial score (nSPS) is 18.3. The van der Waals surface area contributed by atoms with Gasteiger partial charge in [-0.3, -0.25) is 28.9 Å². The second-order valence-corrected chi connectivity index (χ2v) is 19.7. The molecule has 3 rings (SSSR count). The molecule has 15 nitrogen and oxygen atoms in total. The summed E-state index contributed by atoms with van der Waals surface area (Å²) in [4.78, 5) is 75.3. The fourth-order valence-electron chi connectivity index (χ4n) is 9.04. The lowest BCUT2D eigenvalue weighted by atomic mass is 9.83. The molecule has 1 aliphatic heterocycles. The molecule has 1 fully saturated rings. The summed E-state index contributed by atoms with van der Waals surface area (Å²) in [6.07, 6.45) is 0.515. The number of hydrogen-bond donors (Lipinski definition) is 3. The number of ether oxygens (including phenoxy) is 2. The maximum Gasteiger partial charge on any atom is 0.264 e. The number of hydrogen-bond acceptors (Lipinski definition) is 11. The van der Waals surface area contributed by atoms with Crippen molar-refractivity contribution in [1.82, 2.24) is 24.7 Å². The number of sulfonamides is 1. The summed E-state index contributed by atoms with van der Waals surface area (Å²) in [6.45, 7) is 14.0. The zero-order valence-electron chi connectivity index (χ0n) is 39.5. The van der Waals surface area contributed by atoms with Crippen LogP contribution in [0.3, 0.4) is 0 Å². The lowest BCUT2D eigenvalue weighted by Crippen LogP contribution is -2.55. The van der Waals surface area contributed by atoms with Gasteiger partial charge in [-0.2, -0.15) is 0 Å². The van der Waals surface area contributed by atoms with E-state index in [1.807, 2.05) is 60.5 Å². The van der Waals surface area contributed by atoms with E-state index in [1.54, 1.807) is 54.1 Å². The van der Waals surface area contributed by atoms with E-state index >= 15 is 0 Å². The van der Waals surface area contributed by atoms with Crippen LogP contribution < -0.4 is 15.8 Å². The molecule has 1 aliphatic rings. The van der Waals surface area contributed by atoms with Crippen molar-refractivity contribution in [3.63, 3.8) is 0 Å². The highest BCUT2D eigenvalue weighted by molar-refractivity contribution is 7.90. The Hall–Kier alpha value is -4.38. The topological polar surface area (TPSA) is 198 Å². The van der Waals surface area contributed by atoms with Gasteiger partial charge in [0, 0.05) is 52.3 Å². The molecule has 0 aromatic heterocycles. The number of nitrogen functional groups attached to an aromatic ring is 1. The Morgan fingerprint density at radius 1 is 0.857 bits per heavy atom. The average Bonchev–Trinajstić information content (AvgIpc) is 3.71. The van der Waals surface area contributed by atoms with Gasteiger partial charge in [0.25, 0.3) is 15.9 Å². The molecule has 1 saturated heterocycles. The quantitative estimate of drug-likeness (QED) is 0.125. The summed E-state index contributed by atoms with van der Waals surface area (Å²) in [5.74, 6) is -3.38. The number of nitrogens with zero attached hydrogens (tertiary/aromatic N) is 3. The third kappa shape index (κ3) is 14.1. The van der Waals surface area contributed by atoms with Gasteiger partial charge >= 0.3 is 0 Å². The molecule has 63 heavy (non-hydrogen) atoms. The Morgan fingerprint density at radius 2 is 1.48 bits per heavy atom. The molecule has 2 aromatic carbocycles. The number of nitrogens with two attached hydrogens (primary N) is 1. The molecule has 1 heterocycles. The van der Waals surface area contributed by atoms with Crippen molar-refractivity contribution in [3.05, 3.63) is 60.2 Å². The molecule has 0 unspecified atom stereocenters. The Balaban J connectivity index is 1.83. The van der Waals surface area contributed by atoms with E-state index < -0.39 is 64.0 Å². The van der Waals surface area contributed by atoms with Crippen molar-refractivity contribution in [2.75, 3.05) is 47.6 Å². The summed E-state index contributed by atoms with van der Waals surface area (Å²) in [7, 11) is 4.19. The van der Waals surface area contributed by atoms with Crippen LogP contribution in [0, 0.1) is 29.6 Å². The number of carbonyl (C=O) groups excluding carboxylic acids is 5. The molecule has 352 valence electrons. The van der Waals surface area contributed by atoms with E-state index in [-0.39, 0.29) is 65.6 Å². The summed E-state index contributed by atoms with van der Waals surface area (Å²) in [5, 5.41) is 2.77. The first-order chi connectivity index (χ1) is 29.6. The predicted octanol–water partition coefficient (Wildman–Crippen LogP) is 4.54. The van der Waals surface area contributed by atoms with Crippen molar-refractivity contribution < 1.29 is 41.9 Å². The second-order valence-electron chi connectivity index (χ2n) is 18.1. The first kappa shape index (κ1) is 53.0. The third-order valence-corrected chi connectivity index (χ3v) is 14.0. The van der Waals surface area contributed by atoms with Gasteiger partial charge in [0.2, 0.25) is 17.7 Å². The van der Waals surface area contributed by atoms with Gasteiger partial charge in [-0.15, -0.1) is 0 Å². The van der Waals surface area contributed by atoms with E-state index in [0.29, 0.717) is 37.1 Å². The van der Waals surface area contributed by atoms with Crippen molar-refractivity contribution in [2.24, 2.45) is 29.6 Å². The minimum Gasteiger partial charge on any atom is -0.399 e. The van der Waals surface area contributed by atoms with E-state index in [9.17, 15) is 32.4 Å². The van der Waals surface area contributed by atoms with Crippen LogP contribution in [0.4, 0.5) is 5.69 Å². The Bertz CT molecular complexity index is 1920. The van der Waals surface area contributed by atoms with Crippen LogP contribution in [0.1, 0.15) is 86.1 Å². The highest BCUT2D eigenvalue weighted by Gasteiger charge is 2.43.